The van der Waals surface area contributed by atoms with Crippen LogP contribution in [0, 0.1) is 0 Å². The van der Waals surface area contributed by atoms with Gasteiger partial charge in [-0.05, 0) is 30.2 Å². The highest BCUT2D eigenvalue weighted by molar-refractivity contribution is 5.89. The zero-order valence-corrected chi connectivity index (χ0v) is 11.5. The molecule has 4 heteroatoms. The molecule has 0 fully saturated rings. The third-order valence-electron chi connectivity index (χ3n) is 3.40. The number of hydrogen-bond donors (Lipinski definition) is 2. The van der Waals surface area contributed by atoms with Crippen LogP contribution in [0.4, 0.5) is 0 Å². The van der Waals surface area contributed by atoms with Gasteiger partial charge in [0.1, 0.15) is 6.04 Å². The third-order valence-corrected chi connectivity index (χ3v) is 3.40. The minimum Gasteiger partial charge on any atom is -0.480 e. The summed E-state index contributed by atoms with van der Waals surface area (Å²) in [5, 5.41) is 13.5. The summed E-state index contributed by atoms with van der Waals surface area (Å²) in [5.41, 5.74) is 0.874. The summed E-state index contributed by atoms with van der Waals surface area (Å²) in [7, 11) is 0. The van der Waals surface area contributed by atoms with Crippen LogP contribution in [0.2, 0.25) is 0 Å². The number of aliphatic carboxylic acids is 1. The van der Waals surface area contributed by atoms with Crippen LogP contribution in [0.1, 0.15) is 25.3 Å². The van der Waals surface area contributed by atoms with Crippen LogP contribution in [0.3, 0.4) is 0 Å². The minimum absolute atomic E-state index is 0.282. The van der Waals surface area contributed by atoms with Gasteiger partial charge in [0.25, 0.3) is 0 Å². The van der Waals surface area contributed by atoms with Crippen molar-refractivity contribution in [2.45, 2.75) is 25.8 Å². The quantitative estimate of drug-likeness (QED) is 0.898. The van der Waals surface area contributed by atoms with E-state index in [-0.39, 0.29) is 11.8 Å². The monoisotopic (exact) mass is 271 g/mol. The normalized spacial score (nSPS) is 13.7. The lowest BCUT2D eigenvalue weighted by molar-refractivity contribution is -0.141. The van der Waals surface area contributed by atoms with Gasteiger partial charge in [-0.15, -0.1) is 0 Å². The van der Waals surface area contributed by atoms with E-state index in [1.807, 2.05) is 42.5 Å². The van der Waals surface area contributed by atoms with Crippen LogP contribution in [0.5, 0.6) is 0 Å². The van der Waals surface area contributed by atoms with Gasteiger partial charge in [-0.25, -0.2) is 0 Å². The van der Waals surface area contributed by atoms with E-state index in [4.69, 9.17) is 5.11 Å². The van der Waals surface area contributed by atoms with Crippen LogP contribution in [0.25, 0.3) is 10.8 Å². The molecule has 2 rings (SSSR count). The molecule has 20 heavy (non-hydrogen) atoms. The summed E-state index contributed by atoms with van der Waals surface area (Å²) in [6, 6.07) is 12.9. The predicted octanol–water partition coefficient (Wildman–Crippen LogP) is 2.53. The highest BCUT2D eigenvalue weighted by Gasteiger charge is 2.20. The molecule has 1 amide bonds. The van der Waals surface area contributed by atoms with Crippen molar-refractivity contribution in [2.75, 3.05) is 0 Å². The van der Waals surface area contributed by atoms with Crippen molar-refractivity contribution in [3.63, 3.8) is 0 Å². The zero-order valence-electron chi connectivity index (χ0n) is 11.5. The third kappa shape index (κ3) is 2.96. The second-order valence-electron chi connectivity index (χ2n) is 4.90. The Balaban J connectivity index is 2.20. The van der Waals surface area contributed by atoms with E-state index in [1.54, 1.807) is 6.92 Å². The van der Waals surface area contributed by atoms with Gasteiger partial charge in [0.15, 0.2) is 0 Å². The van der Waals surface area contributed by atoms with Crippen molar-refractivity contribution in [2.24, 2.45) is 0 Å². The van der Waals surface area contributed by atoms with Gasteiger partial charge >= 0.3 is 5.97 Å². The first-order chi connectivity index (χ1) is 9.49. The van der Waals surface area contributed by atoms with E-state index in [9.17, 15) is 9.59 Å². The number of carbonyl (C=O) groups is 2. The molecule has 0 spiro atoms. The van der Waals surface area contributed by atoms with Gasteiger partial charge in [0.2, 0.25) is 5.91 Å². The average Bonchev–Trinajstić information content (AvgIpc) is 2.45. The second-order valence-corrected chi connectivity index (χ2v) is 4.90. The van der Waals surface area contributed by atoms with Crippen LogP contribution >= 0.6 is 0 Å². The summed E-state index contributed by atoms with van der Waals surface area (Å²) < 4.78 is 0. The number of carboxylic acid groups (broad SMARTS) is 1. The Bertz CT molecular complexity index is 651. The number of fused-ring (bicyclic) bond motifs is 1. The molecular weight excluding hydrogens is 254 g/mol. The molecular formula is C16H17NO3. The van der Waals surface area contributed by atoms with Crippen molar-refractivity contribution < 1.29 is 14.7 Å². The van der Waals surface area contributed by atoms with Crippen LogP contribution in [0.15, 0.2) is 42.5 Å². The molecule has 2 aromatic rings. The van der Waals surface area contributed by atoms with Crippen molar-refractivity contribution in [3.05, 3.63) is 48.0 Å². The first-order valence-corrected chi connectivity index (χ1v) is 6.51. The standard InChI is InChI=1S/C16H17NO3/c1-10(15(18)17-11(2)16(19)20)13-8-7-12-5-3-4-6-14(12)9-13/h3-11H,1-2H3,(H,17,18)(H,19,20)/t10?,11-/m0/s1. The molecule has 0 heterocycles. The molecule has 0 aliphatic carbocycles. The Morgan fingerprint density at radius 2 is 1.70 bits per heavy atom. The molecule has 104 valence electrons. The Hall–Kier alpha value is -2.36. The highest BCUT2D eigenvalue weighted by Crippen LogP contribution is 2.21. The molecule has 0 saturated heterocycles. The fourth-order valence-electron chi connectivity index (χ4n) is 2.03. The number of carboxylic acids is 1. The van der Waals surface area contributed by atoms with Crippen molar-refractivity contribution in [1.82, 2.24) is 5.32 Å². The molecule has 0 saturated carbocycles. The van der Waals surface area contributed by atoms with Gasteiger partial charge in [-0.1, -0.05) is 42.5 Å². The van der Waals surface area contributed by atoms with E-state index in [1.165, 1.54) is 6.92 Å². The van der Waals surface area contributed by atoms with E-state index in [0.717, 1.165) is 16.3 Å². The second kappa shape index (κ2) is 5.74. The van der Waals surface area contributed by atoms with E-state index < -0.39 is 12.0 Å². The van der Waals surface area contributed by atoms with Gasteiger partial charge < -0.3 is 10.4 Å². The number of hydrogen-bond acceptors (Lipinski definition) is 2. The Kier molecular flexibility index (Phi) is 4.03. The van der Waals surface area contributed by atoms with E-state index >= 15 is 0 Å². The number of carbonyl (C=O) groups excluding carboxylic acids is 1. The SMILES string of the molecule is CC(C(=O)N[C@@H](C)C(=O)O)c1ccc2ccccc2c1. The molecule has 0 aliphatic rings. The molecule has 2 N–H and O–H groups in total. The number of benzene rings is 2. The Labute approximate surface area is 117 Å². The summed E-state index contributed by atoms with van der Waals surface area (Å²) >= 11 is 0. The highest BCUT2D eigenvalue weighted by atomic mass is 16.4. The van der Waals surface area contributed by atoms with Gasteiger partial charge in [0, 0.05) is 0 Å². The number of nitrogens with one attached hydrogen (secondary N) is 1. The molecule has 2 aromatic carbocycles. The average molecular weight is 271 g/mol. The molecule has 4 nitrogen and oxygen atoms in total. The zero-order chi connectivity index (χ0) is 14.7. The first kappa shape index (κ1) is 14.1. The molecule has 1 unspecified atom stereocenters. The summed E-state index contributed by atoms with van der Waals surface area (Å²) in [4.78, 5) is 22.8. The fourth-order valence-corrected chi connectivity index (χ4v) is 2.03. The van der Waals surface area contributed by atoms with Gasteiger partial charge in [-0.3, -0.25) is 9.59 Å². The van der Waals surface area contributed by atoms with Crippen molar-refractivity contribution in [3.8, 4) is 0 Å². The first-order valence-electron chi connectivity index (χ1n) is 6.51. The topological polar surface area (TPSA) is 66.4 Å². The van der Waals surface area contributed by atoms with E-state index in [0.29, 0.717) is 0 Å². The Morgan fingerprint density at radius 3 is 2.35 bits per heavy atom. The van der Waals surface area contributed by atoms with Crippen molar-refractivity contribution in [1.29, 1.82) is 0 Å². The summed E-state index contributed by atoms with van der Waals surface area (Å²) in [6.07, 6.45) is 0. The van der Waals surface area contributed by atoms with Crippen LogP contribution in [-0.2, 0) is 9.59 Å². The maximum Gasteiger partial charge on any atom is 0.325 e. The van der Waals surface area contributed by atoms with Crippen LogP contribution < -0.4 is 5.32 Å². The molecule has 0 aromatic heterocycles. The molecule has 0 bridgehead atoms. The maximum atomic E-state index is 12.0. The molecule has 2 atom stereocenters. The predicted molar refractivity (Wildman–Crippen MR) is 77.6 cm³/mol. The lowest BCUT2D eigenvalue weighted by Gasteiger charge is -2.15. The fraction of sp³-hybridized carbons (Fsp3) is 0.250. The summed E-state index contributed by atoms with van der Waals surface area (Å²) in [5.74, 6) is -1.71. The largest absolute Gasteiger partial charge is 0.480 e. The van der Waals surface area contributed by atoms with Crippen LogP contribution in [-0.4, -0.2) is 23.0 Å². The molecule has 0 aliphatic heterocycles. The lowest BCUT2D eigenvalue weighted by Crippen LogP contribution is -2.40. The maximum absolute atomic E-state index is 12.0. The number of rotatable bonds is 4. The van der Waals surface area contributed by atoms with E-state index in [2.05, 4.69) is 5.32 Å². The minimum atomic E-state index is -1.04. The number of amides is 1. The molecule has 0 radical (unpaired) electrons. The smallest absolute Gasteiger partial charge is 0.325 e. The Morgan fingerprint density at radius 1 is 1.05 bits per heavy atom. The van der Waals surface area contributed by atoms with Crippen molar-refractivity contribution >= 4 is 22.6 Å². The summed E-state index contributed by atoms with van der Waals surface area (Å²) in [6.45, 7) is 3.22. The van der Waals surface area contributed by atoms with Gasteiger partial charge in [0.05, 0.1) is 5.92 Å². The lowest BCUT2D eigenvalue weighted by atomic mass is 9.97. The van der Waals surface area contributed by atoms with Gasteiger partial charge in [-0.2, -0.15) is 0 Å².